The number of nitrogens with one attached hydrogen (secondary N) is 3. The van der Waals surface area contributed by atoms with Crippen molar-refractivity contribution in [3.63, 3.8) is 0 Å². The minimum Gasteiger partial charge on any atom is -0.478 e. The fraction of sp³-hybridized carbons (Fsp3) is 0.273. The number of H-pyrrole nitrogens is 1. The first-order valence-corrected chi connectivity index (χ1v) is 10.1. The molecule has 0 saturated heterocycles. The second-order valence-corrected chi connectivity index (χ2v) is 7.29. The number of benzene rings is 1. The van der Waals surface area contributed by atoms with Gasteiger partial charge in [0.1, 0.15) is 5.75 Å². The number of pyridine rings is 1. The van der Waals surface area contributed by atoms with Crippen LogP contribution in [0.5, 0.6) is 5.75 Å². The average Bonchev–Trinajstić information content (AvgIpc) is 3.37. The Morgan fingerprint density at radius 3 is 2.87 bits per heavy atom. The Morgan fingerprint density at radius 2 is 2.00 bits per heavy atom. The summed E-state index contributed by atoms with van der Waals surface area (Å²) in [4.78, 5) is 13.1. The molecule has 0 aliphatic carbocycles. The number of fused-ring (bicyclic) bond motifs is 2. The zero-order valence-corrected chi connectivity index (χ0v) is 16.7. The quantitative estimate of drug-likeness (QED) is 0.409. The summed E-state index contributed by atoms with van der Waals surface area (Å²) in [5.41, 5.74) is 4.13. The molecular weight excluding hydrogens is 378 g/mol. The number of aryl methyl sites for hydroxylation is 1. The molecule has 0 amide bonds. The Hall–Kier alpha value is -3.52. The molecule has 8 nitrogen and oxygen atoms in total. The molecule has 152 valence electrons. The fourth-order valence-electron chi connectivity index (χ4n) is 3.97. The number of hydrogen-bond donors (Lipinski definition) is 3. The van der Waals surface area contributed by atoms with Gasteiger partial charge in [0.25, 0.3) is 0 Å². The summed E-state index contributed by atoms with van der Waals surface area (Å²) in [5, 5.41) is 15.7. The highest BCUT2D eigenvalue weighted by Crippen LogP contribution is 2.45. The van der Waals surface area contributed by atoms with E-state index in [-0.39, 0.29) is 12.1 Å². The second kappa shape index (κ2) is 8.08. The summed E-state index contributed by atoms with van der Waals surface area (Å²) < 4.78 is 6.20. The lowest BCUT2D eigenvalue weighted by atomic mass is 10.0. The predicted octanol–water partition coefficient (Wildman–Crippen LogP) is 3.19. The van der Waals surface area contributed by atoms with Crippen LogP contribution in [0.1, 0.15) is 35.6 Å². The molecule has 2 atom stereocenters. The summed E-state index contributed by atoms with van der Waals surface area (Å²) >= 11 is 0. The number of anilines is 1. The van der Waals surface area contributed by atoms with Crippen molar-refractivity contribution < 1.29 is 4.74 Å². The molecule has 1 aliphatic heterocycles. The summed E-state index contributed by atoms with van der Waals surface area (Å²) in [6.45, 7) is 0.953. The molecule has 1 aliphatic rings. The maximum atomic E-state index is 6.20. The zero-order chi connectivity index (χ0) is 20.3. The lowest BCUT2D eigenvalue weighted by Gasteiger charge is -2.21. The highest BCUT2D eigenvalue weighted by atomic mass is 16.5. The van der Waals surface area contributed by atoms with Crippen LogP contribution in [0, 0.1) is 0 Å². The fourth-order valence-corrected chi connectivity index (χ4v) is 3.97. The zero-order valence-electron chi connectivity index (χ0n) is 16.7. The Morgan fingerprint density at radius 1 is 1.10 bits per heavy atom. The molecule has 30 heavy (non-hydrogen) atoms. The Balaban J connectivity index is 1.53. The summed E-state index contributed by atoms with van der Waals surface area (Å²) in [5.74, 6) is 1.39. The Labute approximate surface area is 174 Å². The van der Waals surface area contributed by atoms with E-state index in [0.29, 0.717) is 5.82 Å². The maximum absolute atomic E-state index is 6.20. The van der Waals surface area contributed by atoms with Crippen molar-refractivity contribution in [1.82, 2.24) is 30.5 Å². The van der Waals surface area contributed by atoms with Crippen LogP contribution in [-0.4, -0.2) is 38.7 Å². The van der Waals surface area contributed by atoms with Crippen molar-refractivity contribution in [2.24, 2.45) is 0 Å². The van der Waals surface area contributed by atoms with E-state index in [1.165, 1.54) is 0 Å². The van der Waals surface area contributed by atoms with Gasteiger partial charge in [-0.05, 0) is 50.7 Å². The first kappa shape index (κ1) is 18.5. The van der Waals surface area contributed by atoms with Gasteiger partial charge in [0.2, 0.25) is 0 Å². The van der Waals surface area contributed by atoms with Crippen LogP contribution in [0.15, 0.2) is 55.1 Å². The third-order valence-corrected chi connectivity index (χ3v) is 5.36. The lowest BCUT2D eigenvalue weighted by Crippen LogP contribution is -2.20. The first-order chi connectivity index (χ1) is 14.8. The van der Waals surface area contributed by atoms with Crippen LogP contribution in [0.4, 0.5) is 5.69 Å². The van der Waals surface area contributed by atoms with Crippen molar-refractivity contribution in [3.05, 3.63) is 72.2 Å². The lowest BCUT2D eigenvalue weighted by molar-refractivity contribution is 0.207. The molecule has 0 radical (unpaired) electrons. The SMILES string of the molecule is CNCCCc1n[nH]c2cccc(NC3c4ccncc4OC3c3ncccn3)c12. The highest BCUT2D eigenvalue weighted by molar-refractivity contribution is 5.94. The van der Waals surface area contributed by atoms with Crippen LogP contribution < -0.4 is 15.4 Å². The van der Waals surface area contributed by atoms with Gasteiger partial charge in [-0.2, -0.15) is 5.10 Å². The van der Waals surface area contributed by atoms with Crippen molar-refractivity contribution in [1.29, 1.82) is 0 Å². The molecular formula is C22H23N7O. The monoisotopic (exact) mass is 401 g/mol. The number of hydrogen-bond acceptors (Lipinski definition) is 7. The summed E-state index contributed by atoms with van der Waals surface area (Å²) in [6.07, 6.45) is 8.57. The average molecular weight is 401 g/mol. The molecule has 5 rings (SSSR count). The molecule has 0 fully saturated rings. The topological polar surface area (TPSA) is 101 Å². The van der Waals surface area contributed by atoms with E-state index in [0.717, 1.165) is 53.0 Å². The highest BCUT2D eigenvalue weighted by Gasteiger charge is 2.38. The minimum atomic E-state index is -0.347. The first-order valence-electron chi connectivity index (χ1n) is 10.1. The molecule has 8 heteroatoms. The molecule has 4 heterocycles. The largest absolute Gasteiger partial charge is 0.478 e. The number of ether oxygens (including phenoxy) is 1. The summed E-state index contributed by atoms with van der Waals surface area (Å²) in [6, 6.07) is 9.81. The number of nitrogens with zero attached hydrogens (tertiary/aromatic N) is 4. The molecule has 0 bridgehead atoms. The van der Waals surface area contributed by atoms with Crippen molar-refractivity contribution >= 4 is 16.6 Å². The van der Waals surface area contributed by atoms with E-state index in [2.05, 4.69) is 47.9 Å². The third-order valence-electron chi connectivity index (χ3n) is 5.36. The molecule has 2 unspecified atom stereocenters. The molecule has 1 aromatic carbocycles. The van der Waals surface area contributed by atoms with Crippen LogP contribution >= 0.6 is 0 Å². The van der Waals surface area contributed by atoms with E-state index in [9.17, 15) is 0 Å². The number of aromatic amines is 1. The predicted molar refractivity (Wildman–Crippen MR) is 114 cm³/mol. The summed E-state index contributed by atoms with van der Waals surface area (Å²) in [7, 11) is 1.97. The van der Waals surface area contributed by atoms with E-state index in [1.807, 2.05) is 19.2 Å². The maximum Gasteiger partial charge on any atom is 0.182 e. The van der Waals surface area contributed by atoms with Gasteiger partial charge in [0, 0.05) is 35.2 Å². The van der Waals surface area contributed by atoms with Gasteiger partial charge in [-0.25, -0.2) is 9.97 Å². The van der Waals surface area contributed by atoms with Gasteiger partial charge >= 0.3 is 0 Å². The van der Waals surface area contributed by atoms with Crippen molar-refractivity contribution in [3.8, 4) is 5.75 Å². The van der Waals surface area contributed by atoms with Crippen molar-refractivity contribution in [2.75, 3.05) is 18.9 Å². The van der Waals surface area contributed by atoms with E-state index < -0.39 is 0 Å². The van der Waals surface area contributed by atoms with Crippen LogP contribution in [0.3, 0.4) is 0 Å². The molecule has 0 saturated carbocycles. The van der Waals surface area contributed by atoms with Gasteiger partial charge in [-0.3, -0.25) is 10.1 Å². The van der Waals surface area contributed by atoms with E-state index >= 15 is 0 Å². The Bertz CT molecular complexity index is 1140. The van der Waals surface area contributed by atoms with Crippen LogP contribution in [-0.2, 0) is 6.42 Å². The van der Waals surface area contributed by atoms with Crippen molar-refractivity contribution in [2.45, 2.75) is 25.0 Å². The van der Waals surface area contributed by atoms with Crippen LogP contribution in [0.2, 0.25) is 0 Å². The molecule has 3 aromatic heterocycles. The van der Waals surface area contributed by atoms with Gasteiger partial charge in [0.05, 0.1) is 23.4 Å². The van der Waals surface area contributed by atoms with Gasteiger partial charge < -0.3 is 15.4 Å². The Kier molecular flexibility index (Phi) is 4.98. The smallest absolute Gasteiger partial charge is 0.182 e. The normalized spacial score (nSPS) is 17.6. The minimum absolute atomic E-state index is 0.143. The van der Waals surface area contributed by atoms with Gasteiger partial charge in [-0.15, -0.1) is 0 Å². The van der Waals surface area contributed by atoms with E-state index in [1.54, 1.807) is 30.9 Å². The molecule has 0 spiro atoms. The number of rotatable bonds is 7. The number of aromatic nitrogens is 5. The molecule has 4 aromatic rings. The van der Waals surface area contributed by atoms with Gasteiger partial charge in [-0.1, -0.05) is 6.07 Å². The van der Waals surface area contributed by atoms with Crippen LogP contribution in [0.25, 0.3) is 10.9 Å². The second-order valence-electron chi connectivity index (χ2n) is 7.29. The third kappa shape index (κ3) is 3.35. The van der Waals surface area contributed by atoms with Gasteiger partial charge in [0.15, 0.2) is 11.9 Å². The standard InChI is InChI=1S/C22H23N7O/c1-23-9-3-7-17-19-15(5-2-6-16(19)28-29-17)27-20-14-8-12-24-13-18(14)30-21(20)22-25-10-4-11-26-22/h2,4-6,8,10-13,20-21,23,27H,3,7,9H2,1H3,(H,28,29). The van der Waals surface area contributed by atoms with E-state index in [4.69, 9.17) is 4.74 Å². The molecule has 3 N–H and O–H groups in total.